The molecular weight excluding hydrogens is 282 g/mol. The zero-order valence-electron chi connectivity index (χ0n) is 10.6. The van der Waals surface area contributed by atoms with Crippen molar-refractivity contribution in [3.05, 3.63) is 16.9 Å². The second-order valence-corrected chi connectivity index (χ2v) is 5.59. The second kappa shape index (κ2) is 7.13. The van der Waals surface area contributed by atoms with Crippen LogP contribution in [0.2, 0.25) is 0 Å². The Balaban J connectivity index is 2.32. The summed E-state index contributed by atoms with van der Waals surface area (Å²) in [5.41, 5.74) is -0.166. The Kier molecular flexibility index (Phi) is 6.16. The van der Waals surface area contributed by atoms with E-state index in [4.69, 9.17) is 0 Å². The Morgan fingerprint density at radius 2 is 2.35 bits per heavy atom. The Labute approximate surface area is 112 Å². The molecule has 17 heavy (non-hydrogen) atoms. The van der Waals surface area contributed by atoms with Gasteiger partial charge in [0.15, 0.2) is 0 Å². The van der Waals surface area contributed by atoms with Crippen molar-refractivity contribution >= 4 is 15.9 Å². The van der Waals surface area contributed by atoms with E-state index in [2.05, 4.69) is 40.2 Å². The Morgan fingerprint density at radius 1 is 1.59 bits per heavy atom. The number of nitrogens with zero attached hydrogens (tertiary/aromatic N) is 2. The van der Waals surface area contributed by atoms with E-state index in [1.807, 2.05) is 10.9 Å². The number of hydrogen-bond acceptors (Lipinski definition) is 3. The van der Waals surface area contributed by atoms with Crippen molar-refractivity contribution in [1.29, 1.82) is 0 Å². The van der Waals surface area contributed by atoms with Crippen molar-refractivity contribution in [1.82, 2.24) is 15.1 Å². The van der Waals surface area contributed by atoms with E-state index in [0.717, 1.165) is 36.8 Å². The molecule has 1 unspecified atom stereocenters. The van der Waals surface area contributed by atoms with Gasteiger partial charge in [0.2, 0.25) is 0 Å². The van der Waals surface area contributed by atoms with Crippen LogP contribution in [0, 0.1) is 0 Å². The lowest BCUT2D eigenvalue weighted by molar-refractivity contribution is 0.162. The first-order valence-corrected chi connectivity index (χ1v) is 6.93. The Hall–Kier alpha value is -0.390. The van der Waals surface area contributed by atoms with Gasteiger partial charge in [0, 0.05) is 18.3 Å². The van der Waals surface area contributed by atoms with Crippen LogP contribution >= 0.6 is 15.9 Å². The molecule has 2 N–H and O–H groups in total. The van der Waals surface area contributed by atoms with Gasteiger partial charge >= 0.3 is 0 Å². The molecule has 0 spiro atoms. The molecule has 0 fully saturated rings. The third-order valence-electron chi connectivity index (χ3n) is 2.87. The molecule has 0 saturated heterocycles. The van der Waals surface area contributed by atoms with Crippen LogP contribution in [0.1, 0.15) is 33.1 Å². The van der Waals surface area contributed by atoms with Crippen molar-refractivity contribution in [2.75, 3.05) is 13.2 Å². The van der Waals surface area contributed by atoms with Gasteiger partial charge in [-0.15, -0.1) is 0 Å². The molecule has 1 aromatic rings. The fourth-order valence-electron chi connectivity index (χ4n) is 1.74. The molecule has 1 atom stereocenters. The highest BCUT2D eigenvalue weighted by Crippen LogP contribution is 2.13. The highest BCUT2D eigenvalue weighted by atomic mass is 79.9. The monoisotopic (exact) mass is 303 g/mol. The highest BCUT2D eigenvalue weighted by Gasteiger charge is 2.21. The first-order valence-electron chi connectivity index (χ1n) is 6.13. The van der Waals surface area contributed by atoms with E-state index >= 15 is 0 Å². The molecule has 4 nitrogen and oxygen atoms in total. The van der Waals surface area contributed by atoms with Gasteiger partial charge in [-0.2, -0.15) is 5.10 Å². The molecule has 0 bridgehead atoms. The lowest BCUT2D eigenvalue weighted by Gasteiger charge is -2.28. The van der Waals surface area contributed by atoms with Gasteiger partial charge in [-0.05, 0) is 48.7 Å². The number of halogens is 1. The Morgan fingerprint density at radius 3 is 2.88 bits per heavy atom. The summed E-state index contributed by atoms with van der Waals surface area (Å²) in [6, 6.07) is 0. The van der Waals surface area contributed by atoms with Crippen LogP contribution in [0.5, 0.6) is 0 Å². The quantitative estimate of drug-likeness (QED) is 0.774. The number of aryl methyl sites for hydroxylation is 1. The predicted octanol–water partition coefficient (Wildman–Crippen LogP) is 2.18. The summed E-state index contributed by atoms with van der Waals surface area (Å²) in [4.78, 5) is 0. The summed E-state index contributed by atoms with van der Waals surface area (Å²) < 4.78 is 2.92. The number of aliphatic hydroxyl groups excluding tert-OH is 1. The number of aromatic nitrogens is 2. The lowest BCUT2D eigenvalue weighted by atomic mass is 9.96. The maximum atomic E-state index is 9.42. The minimum Gasteiger partial charge on any atom is -0.394 e. The summed E-state index contributed by atoms with van der Waals surface area (Å²) >= 11 is 3.38. The average molecular weight is 304 g/mol. The van der Waals surface area contributed by atoms with E-state index in [0.29, 0.717) is 0 Å². The zero-order valence-corrected chi connectivity index (χ0v) is 12.2. The molecule has 0 aliphatic heterocycles. The zero-order chi connectivity index (χ0) is 12.7. The highest BCUT2D eigenvalue weighted by molar-refractivity contribution is 9.10. The maximum Gasteiger partial charge on any atom is 0.0632 e. The standard InChI is InChI=1S/C12H22BrN3O/c1-3-6-14-12(2,10-17)5-4-7-16-9-11(13)8-15-16/h8-9,14,17H,3-7,10H2,1-2H3. The smallest absolute Gasteiger partial charge is 0.0632 e. The average Bonchev–Trinajstić information content (AvgIpc) is 2.72. The van der Waals surface area contributed by atoms with E-state index in [1.165, 1.54) is 0 Å². The minimum atomic E-state index is -0.166. The van der Waals surface area contributed by atoms with Crippen molar-refractivity contribution < 1.29 is 5.11 Å². The molecule has 0 aliphatic rings. The van der Waals surface area contributed by atoms with Gasteiger partial charge in [-0.3, -0.25) is 4.68 Å². The molecule has 5 heteroatoms. The molecule has 0 aromatic carbocycles. The van der Waals surface area contributed by atoms with Crippen molar-refractivity contribution in [2.45, 2.75) is 45.2 Å². The van der Waals surface area contributed by atoms with E-state index < -0.39 is 0 Å². The fourth-order valence-corrected chi connectivity index (χ4v) is 2.07. The predicted molar refractivity (Wildman–Crippen MR) is 72.9 cm³/mol. The SMILES string of the molecule is CCCNC(C)(CO)CCCn1cc(Br)cn1. The largest absolute Gasteiger partial charge is 0.394 e. The third-order valence-corrected chi connectivity index (χ3v) is 3.28. The van der Waals surface area contributed by atoms with E-state index in [9.17, 15) is 5.11 Å². The van der Waals surface area contributed by atoms with Crippen LogP contribution in [-0.4, -0.2) is 33.6 Å². The molecule has 0 saturated carbocycles. The minimum absolute atomic E-state index is 0.166. The normalized spacial score (nSPS) is 14.8. The number of hydrogen-bond donors (Lipinski definition) is 2. The van der Waals surface area contributed by atoms with Gasteiger partial charge in [0.1, 0.15) is 0 Å². The molecule has 1 aromatic heterocycles. The van der Waals surface area contributed by atoms with Crippen LogP contribution in [0.3, 0.4) is 0 Å². The molecule has 1 heterocycles. The molecule has 98 valence electrons. The van der Waals surface area contributed by atoms with Crippen molar-refractivity contribution in [2.24, 2.45) is 0 Å². The number of rotatable bonds is 8. The fraction of sp³-hybridized carbons (Fsp3) is 0.750. The summed E-state index contributed by atoms with van der Waals surface area (Å²) in [6.45, 7) is 6.21. The summed E-state index contributed by atoms with van der Waals surface area (Å²) in [5, 5.41) is 17.0. The van der Waals surface area contributed by atoms with Crippen LogP contribution in [0.25, 0.3) is 0 Å². The van der Waals surface area contributed by atoms with Crippen molar-refractivity contribution in [3.63, 3.8) is 0 Å². The van der Waals surface area contributed by atoms with Gasteiger partial charge < -0.3 is 10.4 Å². The van der Waals surface area contributed by atoms with Gasteiger partial charge in [0.05, 0.1) is 17.3 Å². The van der Waals surface area contributed by atoms with Crippen molar-refractivity contribution in [3.8, 4) is 0 Å². The van der Waals surface area contributed by atoms with Crippen LogP contribution < -0.4 is 5.32 Å². The summed E-state index contributed by atoms with van der Waals surface area (Å²) in [6.07, 6.45) is 6.79. The molecule has 0 aliphatic carbocycles. The number of aliphatic hydroxyl groups is 1. The molecular formula is C12H22BrN3O. The van der Waals surface area contributed by atoms with Crippen LogP contribution in [-0.2, 0) is 6.54 Å². The maximum absolute atomic E-state index is 9.42. The molecule has 0 radical (unpaired) electrons. The summed E-state index contributed by atoms with van der Waals surface area (Å²) in [7, 11) is 0. The second-order valence-electron chi connectivity index (χ2n) is 4.67. The van der Waals surface area contributed by atoms with Gasteiger partial charge in [-0.1, -0.05) is 6.92 Å². The first-order chi connectivity index (χ1) is 8.09. The van der Waals surface area contributed by atoms with E-state index in [1.54, 1.807) is 6.20 Å². The molecule has 1 rings (SSSR count). The van der Waals surface area contributed by atoms with Gasteiger partial charge in [0.25, 0.3) is 0 Å². The lowest BCUT2D eigenvalue weighted by Crippen LogP contribution is -2.46. The van der Waals surface area contributed by atoms with Crippen LogP contribution in [0.4, 0.5) is 0 Å². The Bertz CT molecular complexity index is 329. The number of nitrogens with one attached hydrogen (secondary N) is 1. The molecule has 0 amide bonds. The van der Waals surface area contributed by atoms with Crippen LogP contribution in [0.15, 0.2) is 16.9 Å². The first kappa shape index (κ1) is 14.7. The van der Waals surface area contributed by atoms with Gasteiger partial charge in [-0.25, -0.2) is 0 Å². The van der Waals surface area contributed by atoms with E-state index in [-0.39, 0.29) is 12.1 Å². The third kappa shape index (κ3) is 5.19. The summed E-state index contributed by atoms with van der Waals surface area (Å²) in [5.74, 6) is 0. The topological polar surface area (TPSA) is 50.1 Å².